The molecule has 2 aliphatic heterocycles. The van der Waals surface area contributed by atoms with Crippen LogP contribution in [0.5, 0.6) is 0 Å². The lowest BCUT2D eigenvalue weighted by molar-refractivity contribution is 0.0958. The number of ether oxygens (including phenoxy) is 2. The van der Waals surface area contributed by atoms with Gasteiger partial charge in [-0.25, -0.2) is 4.99 Å². The molecule has 0 radical (unpaired) electrons. The number of aliphatic hydroxyl groups is 1. The molecule has 4 nitrogen and oxygen atoms in total. The topological polar surface area (TPSA) is 54.4 Å². The van der Waals surface area contributed by atoms with E-state index in [0.29, 0.717) is 12.5 Å². The molecule has 3 aromatic rings. The Kier molecular flexibility index (Phi) is 4.54. The number of aliphatic imine (C=N–C) groups is 1. The maximum Gasteiger partial charge on any atom is 0.224 e. The van der Waals surface area contributed by atoms with Gasteiger partial charge in [0.15, 0.2) is 5.60 Å². The maximum atomic E-state index is 11.8. The third kappa shape index (κ3) is 3.01. The highest BCUT2D eigenvalue weighted by atomic mass is 16.7. The summed E-state index contributed by atoms with van der Waals surface area (Å²) in [7, 11) is 0. The van der Waals surface area contributed by atoms with Gasteiger partial charge in [0.05, 0.1) is 5.54 Å². The minimum atomic E-state index is -1.15. The van der Waals surface area contributed by atoms with Crippen LogP contribution in [0.4, 0.5) is 0 Å². The van der Waals surface area contributed by atoms with Gasteiger partial charge in [-0.3, -0.25) is 0 Å². The summed E-state index contributed by atoms with van der Waals surface area (Å²) < 4.78 is 12.8. The second-order valence-electron chi connectivity index (χ2n) is 9.08. The molecule has 2 heterocycles. The molecule has 0 saturated carbocycles. The van der Waals surface area contributed by atoms with Crippen molar-refractivity contribution in [2.24, 2.45) is 4.99 Å². The summed E-state index contributed by atoms with van der Waals surface area (Å²) in [6.45, 7) is 6.54. The minimum absolute atomic E-state index is 0.375. The van der Waals surface area contributed by atoms with E-state index < -0.39 is 17.3 Å². The van der Waals surface area contributed by atoms with Gasteiger partial charge >= 0.3 is 0 Å². The van der Waals surface area contributed by atoms with Crippen LogP contribution < -0.4 is 0 Å². The second kappa shape index (κ2) is 7.04. The first kappa shape index (κ1) is 20.0. The quantitative estimate of drug-likeness (QED) is 0.602. The molecule has 0 aromatic heterocycles. The van der Waals surface area contributed by atoms with E-state index in [0.717, 1.165) is 22.3 Å². The number of aliphatic hydroxyl groups excluding tert-OH is 1. The molecule has 0 unspecified atom stereocenters. The Balaban J connectivity index is 1.74. The van der Waals surface area contributed by atoms with Gasteiger partial charge in [-0.15, -0.1) is 0 Å². The number of rotatable bonds is 5. The van der Waals surface area contributed by atoms with Gasteiger partial charge in [0.2, 0.25) is 11.5 Å². The zero-order valence-corrected chi connectivity index (χ0v) is 18.1. The smallest absolute Gasteiger partial charge is 0.224 e. The van der Waals surface area contributed by atoms with Gasteiger partial charge in [-0.1, -0.05) is 90.5 Å². The monoisotopic (exact) mass is 413 g/mol. The summed E-state index contributed by atoms with van der Waals surface area (Å²) in [4.78, 5) is 4.87. The average molecular weight is 414 g/mol. The zero-order valence-electron chi connectivity index (χ0n) is 18.1. The molecule has 2 atom stereocenters. The van der Waals surface area contributed by atoms with Crippen molar-refractivity contribution in [2.45, 2.75) is 43.6 Å². The summed E-state index contributed by atoms with van der Waals surface area (Å²) in [5.41, 5.74) is 1.40. The number of hydrogen-bond acceptors (Lipinski definition) is 4. The molecular weight excluding hydrogens is 386 g/mol. The van der Waals surface area contributed by atoms with Crippen LogP contribution in [0.25, 0.3) is 0 Å². The Bertz CT molecular complexity index is 1070. The molecule has 0 bridgehead atoms. The molecule has 4 heteroatoms. The number of nitrogens with zero attached hydrogens (tertiary/aromatic N) is 1. The van der Waals surface area contributed by atoms with Crippen LogP contribution in [0, 0.1) is 6.92 Å². The summed E-state index contributed by atoms with van der Waals surface area (Å²) in [5.74, 6) is 0.457. The van der Waals surface area contributed by atoms with Crippen molar-refractivity contribution < 1.29 is 14.6 Å². The van der Waals surface area contributed by atoms with Gasteiger partial charge in [0.1, 0.15) is 12.7 Å². The highest BCUT2D eigenvalue weighted by molar-refractivity contribution is 5.94. The lowest BCUT2D eigenvalue weighted by atomic mass is 9.76. The highest BCUT2D eigenvalue weighted by Gasteiger charge is 2.80. The van der Waals surface area contributed by atoms with E-state index in [9.17, 15) is 5.11 Å². The molecule has 1 saturated heterocycles. The summed E-state index contributed by atoms with van der Waals surface area (Å²) >= 11 is 0. The first-order valence-corrected chi connectivity index (χ1v) is 10.7. The lowest BCUT2D eigenvalue weighted by Gasteiger charge is -2.25. The first-order valence-electron chi connectivity index (χ1n) is 10.7. The van der Waals surface area contributed by atoms with Crippen molar-refractivity contribution in [1.29, 1.82) is 0 Å². The standard InChI is InChI=1S/C27H27NO3/c1-19-14-16-20(17-15-19)23(29)27(24-28-25(2,3)18-30-24)26(31-27,21-10-6-4-7-11-21)22-12-8-5-9-13-22/h4-17,23,29H,18H2,1-3H3/t23-,27+/m1/s1. The van der Waals surface area contributed by atoms with E-state index in [-0.39, 0.29) is 5.54 Å². The van der Waals surface area contributed by atoms with Crippen molar-refractivity contribution in [1.82, 2.24) is 0 Å². The fraction of sp³-hybridized carbons (Fsp3) is 0.296. The van der Waals surface area contributed by atoms with Gasteiger partial charge < -0.3 is 14.6 Å². The van der Waals surface area contributed by atoms with Crippen LogP contribution in [0.2, 0.25) is 0 Å². The Hall–Kier alpha value is -2.95. The predicted molar refractivity (Wildman–Crippen MR) is 121 cm³/mol. The molecule has 5 rings (SSSR count). The highest BCUT2D eigenvalue weighted by Crippen LogP contribution is 2.66. The number of hydrogen-bond donors (Lipinski definition) is 1. The SMILES string of the molecule is Cc1ccc([C@@H](O)[C@@]2(C3=NC(C)(C)CO3)OC2(c2ccccc2)c2ccccc2)cc1. The van der Waals surface area contributed by atoms with Crippen LogP contribution in [0.3, 0.4) is 0 Å². The van der Waals surface area contributed by atoms with Crippen molar-refractivity contribution in [3.05, 3.63) is 107 Å². The van der Waals surface area contributed by atoms with Gasteiger partial charge in [0, 0.05) is 0 Å². The van der Waals surface area contributed by atoms with E-state index in [2.05, 4.69) is 0 Å². The third-order valence-electron chi connectivity index (χ3n) is 6.22. The second-order valence-corrected chi connectivity index (χ2v) is 9.08. The van der Waals surface area contributed by atoms with Crippen molar-refractivity contribution in [2.75, 3.05) is 6.61 Å². The lowest BCUT2D eigenvalue weighted by Crippen LogP contribution is -2.40. The number of aryl methyl sites for hydroxylation is 1. The van der Waals surface area contributed by atoms with Crippen molar-refractivity contribution >= 4 is 5.90 Å². The van der Waals surface area contributed by atoms with E-state index in [1.54, 1.807) is 0 Å². The summed E-state index contributed by atoms with van der Waals surface area (Å²) in [5, 5.41) is 11.8. The average Bonchev–Trinajstić information content (AvgIpc) is 3.38. The molecule has 0 amide bonds. The molecule has 2 aliphatic rings. The zero-order chi connectivity index (χ0) is 21.7. The Labute approximate surface area is 183 Å². The fourth-order valence-electron chi connectivity index (χ4n) is 4.59. The first-order chi connectivity index (χ1) is 14.9. The molecule has 1 N–H and O–H groups in total. The van der Waals surface area contributed by atoms with Gasteiger partial charge in [-0.2, -0.15) is 0 Å². The van der Waals surface area contributed by atoms with Crippen molar-refractivity contribution in [3.63, 3.8) is 0 Å². The van der Waals surface area contributed by atoms with Crippen LogP contribution in [-0.2, 0) is 15.1 Å². The van der Waals surface area contributed by atoms with E-state index >= 15 is 0 Å². The van der Waals surface area contributed by atoms with Crippen LogP contribution >= 0.6 is 0 Å². The van der Waals surface area contributed by atoms with Gasteiger partial charge in [0.25, 0.3) is 0 Å². The van der Waals surface area contributed by atoms with Crippen molar-refractivity contribution in [3.8, 4) is 0 Å². The van der Waals surface area contributed by atoms with E-state index in [1.165, 1.54) is 0 Å². The predicted octanol–water partition coefficient (Wildman–Crippen LogP) is 4.95. The van der Waals surface area contributed by atoms with Crippen LogP contribution in [0.15, 0.2) is 89.9 Å². The Morgan fingerprint density at radius 2 is 1.39 bits per heavy atom. The third-order valence-corrected chi connectivity index (χ3v) is 6.22. The maximum absolute atomic E-state index is 11.8. The molecule has 158 valence electrons. The van der Waals surface area contributed by atoms with Crippen LogP contribution in [0.1, 0.15) is 42.2 Å². The molecular formula is C27H27NO3. The molecule has 31 heavy (non-hydrogen) atoms. The minimum Gasteiger partial charge on any atom is -0.476 e. The Morgan fingerprint density at radius 1 is 0.839 bits per heavy atom. The number of epoxide rings is 1. The largest absolute Gasteiger partial charge is 0.476 e. The molecule has 0 spiro atoms. The normalized spacial score (nSPS) is 24.2. The molecule has 0 aliphatic carbocycles. The summed E-state index contributed by atoms with van der Waals surface area (Å²) in [6, 6.07) is 28.0. The van der Waals surface area contributed by atoms with E-state index in [1.807, 2.05) is 106 Å². The number of benzene rings is 3. The Morgan fingerprint density at radius 3 is 1.87 bits per heavy atom. The summed E-state index contributed by atoms with van der Waals surface area (Å²) in [6.07, 6.45) is -0.957. The molecule has 1 fully saturated rings. The van der Waals surface area contributed by atoms with Crippen LogP contribution in [-0.4, -0.2) is 28.8 Å². The van der Waals surface area contributed by atoms with Gasteiger partial charge in [-0.05, 0) is 37.5 Å². The fourth-order valence-corrected chi connectivity index (χ4v) is 4.59. The molecule has 3 aromatic carbocycles. The van der Waals surface area contributed by atoms with E-state index in [4.69, 9.17) is 14.5 Å².